The summed E-state index contributed by atoms with van der Waals surface area (Å²) in [5.41, 5.74) is -1.01. The van der Waals surface area contributed by atoms with Crippen LogP contribution in [0.15, 0.2) is 29.6 Å². The molecule has 0 aliphatic carbocycles. The fourth-order valence-corrected chi connectivity index (χ4v) is 5.06. The van der Waals surface area contributed by atoms with Crippen LogP contribution in [0.3, 0.4) is 0 Å². The van der Waals surface area contributed by atoms with Gasteiger partial charge in [-0.15, -0.1) is 11.3 Å². The van der Waals surface area contributed by atoms with Crippen LogP contribution in [0.2, 0.25) is 5.02 Å². The summed E-state index contributed by atoms with van der Waals surface area (Å²) >= 11 is 7.05. The number of nitrogens with zero attached hydrogens (tertiary/aromatic N) is 5. The normalized spacial score (nSPS) is 15.7. The second-order valence-electron chi connectivity index (χ2n) is 8.69. The fraction of sp³-hybridized carbons (Fsp3) is 0.375. The van der Waals surface area contributed by atoms with Crippen LogP contribution >= 0.6 is 22.9 Å². The van der Waals surface area contributed by atoms with Gasteiger partial charge >= 0.3 is 18.1 Å². The van der Waals surface area contributed by atoms with Crippen molar-refractivity contribution in [3.8, 4) is 0 Å². The molecule has 1 atom stereocenters. The van der Waals surface area contributed by atoms with Gasteiger partial charge < -0.3 is 19.3 Å². The molecular weight excluding hydrogens is 582 g/mol. The maximum atomic E-state index is 13.9. The number of anilines is 1. The third kappa shape index (κ3) is 6.36. The summed E-state index contributed by atoms with van der Waals surface area (Å²) in [6, 6.07) is 3.82. The van der Waals surface area contributed by atoms with Crippen molar-refractivity contribution in [1.82, 2.24) is 19.7 Å². The average molecular weight is 604 g/mol. The van der Waals surface area contributed by atoms with Gasteiger partial charge in [-0.05, 0) is 25.1 Å². The number of halogens is 5. The Balaban J connectivity index is 1.43. The number of aryl methyl sites for hydroxylation is 1. The monoisotopic (exact) mass is 603 g/mol. The van der Waals surface area contributed by atoms with Gasteiger partial charge in [-0.1, -0.05) is 17.7 Å². The van der Waals surface area contributed by atoms with E-state index in [0.717, 1.165) is 29.2 Å². The molecule has 0 saturated carbocycles. The molecule has 16 heteroatoms. The number of methoxy groups -OCH3 is 1. The van der Waals surface area contributed by atoms with Crippen molar-refractivity contribution in [3.05, 3.63) is 63.1 Å². The summed E-state index contributed by atoms with van der Waals surface area (Å²) < 4.78 is 63.9. The summed E-state index contributed by atoms with van der Waals surface area (Å²) in [7, 11) is 1.15. The summed E-state index contributed by atoms with van der Waals surface area (Å²) in [5.74, 6) is -2.79. The number of benzene rings is 1. The fourth-order valence-electron chi connectivity index (χ4n) is 4.01. The summed E-state index contributed by atoms with van der Waals surface area (Å²) in [5, 5.41) is 5.37. The number of piperazine rings is 1. The Bertz CT molecular complexity index is 1410. The molecule has 1 unspecified atom stereocenters. The van der Waals surface area contributed by atoms with E-state index < -0.39 is 54.7 Å². The van der Waals surface area contributed by atoms with E-state index in [1.54, 1.807) is 4.90 Å². The molecule has 3 heterocycles. The van der Waals surface area contributed by atoms with E-state index in [2.05, 4.69) is 10.1 Å². The molecular formula is C24H22ClF4N5O5S. The topological polar surface area (TPSA) is 107 Å². The van der Waals surface area contributed by atoms with Crippen molar-refractivity contribution >= 4 is 45.9 Å². The Kier molecular flexibility index (Phi) is 8.63. The third-order valence-corrected chi connectivity index (χ3v) is 7.37. The molecule has 1 saturated heterocycles. The lowest BCUT2D eigenvalue weighted by atomic mass is 10.1. The number of aromatic nitrogens is 3. The molecule has 0 spiro atoms. The molecule has 214 valence electrons. The molecule has 1 fully saturated rings. The van der Waals surface area contributed by atoms with Crippen molar-refractivity contribution in [2.24, 2.45) is 0 Å². The zero-order valence-corrected chi connectivity index (χ0v) is 22.6. The smallest absolute Gasteiger partial charge is 0.435 e. The van der Waals surface area contributed by atoms with Crippen LogP contribution < -0.4 is 4.90 Å². The summed E-state index contributed by atoms with van der Waals surface area (Å²) in [6.45, 7) is 0.670. The van der Waals surface area contributed by atoms with Gasteiger partial charge in [-0.2, -0.15) is 18.3 Å². The van der Waals surface area contributed by atoms with Crippen molar-refractivity contribution in [3.63, 3.8) is 0 Å². The van der Waals surface area contributed by atoms with Gasteiger partial charge in [0.2, 0.25) is 5.91 Å². The third-order valence-electron chi connectivity index (χ3n) is 6.11. The van der Waals surface area contributed by atoms with E-state index in [1.165, 1.54) is 35.4 Å². The molecule has 2 aromatic heterocycles. The Hall–Kier alpha value is -3.72. The molecule has 40 heavy (non-hydrogen) atoms. The van der Waals surface area contributed by atoms with Crippen LogP contribution in [0.5, 0.6) is 0 Å². The number of amides is 1. The van der Waals surface area contributed by atoms with Crippen LogP contribution in [0.4, 0.5) is 22.7 Å². The Morgan fingerprint density at radius 1 is 1.23 bits per heavy atom. The van der Waals surface area contributed by atoms with Crippen molar-refractivity contribution in [1.29, 1.82) is 0 Å². The van der Waals surface area contributed by atoms with Gasteiger partial charge in [0.25, 0.3) is 0 Å². The number of hydrogen-bond donors (Lipinski definition) is 0. The van der Waals surface area contributed by atoms with Crippen LogP contribution in [-0.4, -0.2) is 70.3 Å². The number of thiazole rings is 1. The first-order valence-electron chi connectivity index (χ1n) is 11.7. The highest BCUT2D eigenvalue weighted by atomic mass is 35.5. The van der Waals surface area contributed by atoms with Crippen molar-refractivity contribution < 1.29 is 41.4 Å². The number of rotatable bonds is 7. The molecule has 1 aromatic carbocycles. The van der Waals surface area contributed by atoms with E-state index in [4.69, 9.17) is 21.1 Å². The lowest BCUT2D eigenvalue weighted by Gasteiger charge is -2.39. The van der Waals surface area contributed by atoms with Crippen molar-refractivity contribution in [2.45, 2.75) is 32.3 Å². The second kappa shape index (κ2) is 11.8. The number of esters is 2. The maximum Gasteiger partial charge on any atom is 0.435 e. The van der Waals surface area contributed by atoms with Gasteiger partial charge in [-0.25, -0.2) is 19.0 Å². The molecule has 3 aromatic rings. The molecule has 1 amide bonds. The number of alkyl halides is 3. The first-order valence-corrected chi connectivity index (χ1v) is 12.9. The minimum Gasteiger partial charge on any atom is -0.467 e. The summed E-state index contributed by atoms with van der Waals surface area (Å²) in [4.78, 5) is 45.2. The van der Waals surface area contributed by atoms with E-state index in [0.29, 0.717) is 5.13 Å². The number of hydrogen-bond acceptors (Lipinski definition) is 9. The molecule has 4 rings (SSSR count). The highest BCUT2D eigenvalue weighted by Gasteiger charge is 2.38. The number of carbonyl (C=O) groups excluding carboxylic acids is 3. The van der Waals surface area contributed by atoms with Crippen LogP contribution in [0.1, 0.15) is 27.4 Å². The van der Waals surface area contributed by atoms with E-state index in [9.17, 15) is 31.9 Å². The van der Waals surface area contributed by atoms with Gasteiger partial charge in [0, 0.05) is 29.7 Å². The van der Waals surface area contributed by atoms with Gasteiger partial charge in [0.1, 0.15) is 25.0 Å². The predicted molar refractivity (Wildman–Crippen MR) is 134 cm³/mol. The molecule has 0 bridgehead atoms. The molecule has 0 N–H and O–H groups in total. The molecule has 1 aliphatic rings. The Morgan fingerprint density at radius 3 is 2.62 bits per heavy atom. The number of carbonyl (C=O) groups is 3. The quantitative estimate of drug-likeness (QED) is 0.297. The lowest BCUT2D eigenvalue weighted by molar-refractivity contribution is -0.153. The minimum absolute atomic E-state index is 0.0228. The van der Waals surface area contributed by atoms with E-state index >= 15 is 0 Å². The standard InChI is InChI=1S/C24H22ClF4N5O5S/c1-13-8-19(24(27,28)29)31-34(13)10-20(35)33-7-6-32(9-18(33)22(37)38-2)23-30-17(12-40-23)21(36)39-11-14-15(25)4-3-5-16(14)26/h3-5,8,12,18H,6-7,9-11H2,1-2H3. The first-order chi connectivity index (χ1) is 18.9. The minimum atomic E-state index is -4.66. The Labute approximate surface area is 234 Å². The second-order valence-corrected chi connectivity index (χ2v) is 9.93. The highest BCUT2D eigenvalue weighted by Crippen LogP contribution is 2.29. The molecule has 1 aliphatic heterocycles. The van der Waals surface area contributed by atoms with E-state index in [-0.39, 0.29) is 41.6 Å². The van der Waals surface area contributed by atoms with Crippen molar-refractivity contribution in [2.75, 3.05) is 31.6 Å². The van der Waals surface area contributed by atoms with Crippen LogP contribution in [0, 0.1) is 12.7 Å². The summed E-state index contributed by atoms with van der Waals surface area (Å²) in [6.07, 6.45) is -4.66. The lowest BCUT2D eigenvalue weighted by Crippen LogP contribution is -2.59. The molecule has 10 nitrogen and oxygen atoms in total. The maximum absolute atomic E-state index is 13.9. The largest absolute Gasteiger partial charge is 0.467 e. The zero-order valence-electron chi connectivity index (χ0n) is 21.1. The first kappa shape index (κ1) is 29.3. The SMILES string of the molecule is COC(=O)C1CN(c2nc(C(=O)OCc3c(F)cccc3Cl)cs2)CCN1C(=O)Cn1nc(C(F)(F)F)cc1C. The number of ether oxygens (including phenoxy) is 2. The van der Waals surface area contributed by atoms with Crippen LogP contribution in [0.25, 0.3) is 0 Å². The van der Waals surface area contributed by atoms with Crippen LogP contribution in [-0.2, 0) is 38.4 Å². The van der Waals surface area contributed by atoms with Gasteiger partial charge in [-0.3, -0.25) is 9.48 Å². The van der Waals surface area contributed by atoms with Gasteiger partial charge in [0.05, 0.1) is 18.7 Å². The zero-order chi connectivity index (χ0) is 29.2. The predicted octanol–water partition coefficient (Wildman–Crippen LogP) is 3.71. The highest BCUT2D eigenvalue weighted by molar-refractivity contribution is 7.13. The Morgan fingerprint density at radius 2 is 1.98 bits per heavy atom. The van der Waals surface area contributed by atoms with Gasteiger partial charge in [0.15, 0.2) is 16.5 Å². The molecule has 0 radical (unpaired) electrons. The average Bonchev–Trinajstić information content (AvgIpc) is 3.55. The van der Waals surface area contributed by atoms with E-state index in [1.807, 2.05) is 0 Å².